The number of nitrogens with one attached hydrogen (secondary N) is 1. The average molecular weight is 446 g/mol. The summed E-state index contributed by atoms with van der Waals surface area (Å²) in [5, 5.41) is 16.7. The van der Waals surface area contributed by atoms with E-state index in [0.29, 0.717) is 15.3 Å². The molecular formula is C19H19N5O2S3. The molecule has 0 atom stereocenters. The first-order valence-electron chi connectivity index (χ1n) is 9.28. The van der Waals surface area contributed by atoms with Crippen molar-refractivity contribution in [2.45, 2.75) is 39.2 Å². The Bertz CT molecular complexity index is 1180. The van der Waals surface area contributed by atoms with Gasteiger partial charge in [-0.2, -0.15) is 0 Å². The molecule has 29 heavy (non-hydrogen) atoms. The minimum absolute atomic E-state index is 0.119. The lowest BCUT2D eigenvalue weighted by molar-refractivity contribution is -0.116. The van der Waals surface area contributed by atoms with Gasteiger partial charge in [-0.1, -0.05) is 37.2 Å². The Kier molecular flexibility index (Phi) is 6.12. The second-order valence-electron chi connectivity index (χ2n) is 6.49. The number of aryl methyl sites for hydroxylation is 1. The number of unbranched alkanes of at least 4 members (excludes halogenated alkanes) is 2. The lowest BCUT2D eigenvalue weighted by atomic mass is 10.2. The summed E-state index contributed by atoms with van der Waals surface area (Å²) in [5.41, 5.74) is 0.653. The van der Waals surface area contributed by atoms with Gasteiger partial charge in [-0.05, 0) is 17.9 Å². The molecule has 0 saturated carbocycles. The molecule has 4 aromatic heterocycles. The predicted molar refractivity (Wildman–Crippen MR) is 119 cm³/mol. The molecule has 1 amide bonds. The van der Waals surface area contributed by atoms with Gasteiger partial charge in [0.2, 0.25) is 11.0 Å². The summed E-state index contributed by atoms with van der Waals surface area (Å²) in [5.74, 6) is -0.322. The molecule has 0 fully saturated rings. The van der Waals surface area contributed by atoms with Gasteiger partial charge in [0.25, 0.3) is 5.56 Å². The largest absolute Gasteiger partial charge is 0.299 e. The SMILES string of the molecule is CCCCCc1nnc(NC(=O)Cn2cnc3scc(-c4cccs4)c3c2=O)s1. The molecule has 0 unspecified atom stereocenters. The van der Waals surface area contributed by atoms with Crippen molar-refractivity contribution < 1.29 is 4.79 Å². The number of fused-ring (bicyclic) bond motifs is 1. The van der Waals surface area contributed by atoms with Crippen molar-refractivity contribution in [3.05, 3.63) is 44.6 Å². The molecule has 0 spiro atoms. The van der Waals surface area contributed by atoms with Crippen molar-refractivity contribution in [3.63, 3.8) is 0 Å². The van der Waals surface area contributed by atoms with Gasteiger partial charge in [0.15, 0.2) is 0 Å². The monoisotopic (exact) mass is 445 g/mol. The molecule has 150 valence electrons. The summed E-state index contributed by atoms with van der Waals surface area (Å²) in [6.45, 7) is 2.03. The minimum atomic E-state index is -0.322. The lowest BCUT2D eigenvalue weighted by Crippen LogP contribution is -2.27. The van der Waals surface area contributed by atoms with Crippen LogP contribution in [0.2, 0.25) is 0 Å². The fourth-order valence-electron chi connectivity index (χ4n) is 2.94. The first kappa shape index (κ1) is 19.9. The average Bonchev–Trinajstić information content (AvgIpc) is 3.44. The van der Waals surface area contributed by atoms with E-state index >= 15 is 0 Å². The summed E-state index contributed by atoms with van der Waals surface area (Å²) in [6.07, 6.45) is 5.65. The van der Waals surface area contributed by atoms with Crippen LogP contribution in [0.4, 0.5) is 5.13 Å². The van der Waals surface area contributed by atoms with Crippen LogP contribution in [0.25, 0.3) is 20.7 Å². The first-order valence-corrected chi connectivity index (χ1v) is 11.9. The molecule has 10 heteroatoms. The number of nitrogens with zero attached hydrogens (tertiary/aromatic N) is 4. The summed E-state index contributed by atoms with van der Waals surface area (Å²) in [4.78, 5) is 31.5. The van der Waals surface area contributed by atoms with Crippen molar-refractivity contribution in [2.24, 2.45) is 0 Å². The van der Waals surface area contributed by atoms with Gasteiger partial charge in [-0.3, -0.25) is 19.5 Å². The van der Waals surface area contributed by atoms with Gasteiger partial charge in [-0.15, -0.1) is 32.9 Å². The molecule has 0 radical (unpaired) electrons. The van der Waals surface area contributed by atoms with Gasteiger partial charge in [0.05, 0.1) is 11.7 Å². The lowest BCUT2D eigenvalue weighted by Gasteiger charge is -2.05. The molecule has 4 heterocycles. The van der Waals surface area contributed by atoms with Crippen molar-refractivity contribution >= 4 is 55.3 Å². The minimum Gasteiger partial charge on any atom is -0.299 e. The molecular weight excluding hydrogens is 426 g/mol. The van der Waals surface area contributed by atoms with Crippen molar-refractivity contribution in [2.75, 3.05) is 5.32 Å². The van der Waals surface area contributed by atoms with Gasteiger partial charge in [-0.25, -0.2) is 4.98 Å². The number of carbonyl (C=O) groups excluding carboxylic acids is 1. The maximum absolute atomic E-state index is 13.0. The summed E-state index contributed by atoms with van der Waals surface area (Å²) in [6, 6.07) is 3.92. The maximum atomic E-state index is 13.0. The first-order chi connectivity index (χ1) is 14.2. The molecule has 0 aliphatic rings. The Morgan fingerprint density at radius 3 is 2.93 bits per heavy atom. The molecule has 0 aliphatic carbocycles. The van der Waals surface area contributed by atoms with Crippen LogP contribution in [0.5, 0.6) is 0 Å². The number of amides is 1. The summed E-state index contributed by atoms with van der Waals surface area (Å²) < 4.78 is 1.34. The highest BCUT2D eigenvalue weighted by Gasteiger charge is 2.16. The van der Waals surface area contributed by atoms with Gasteiger partial charge >= 0.3 is 0 Å². The highest BCUT2D eigenvalue weighted by molar-refractivity contribution is 7.18. The Hall–Kier alpha value is -2.43. The highest BCUT2D eigenvalue weighted by Crippen LogP contribution is 2.33. The maximum Gasteiger partial charge on any atom is 0.263 e. The molecule has 4 rings (SSSR count). The predicted octanol–water partition coefficient (Wildman–Crippen LogP) is 4.41. The number of hydrogen-bond donors (Lipinski definition) is 1. The van der Waals surface area contributed by atoms with E-state index in [1.165, 1.54) is 33.6 Å². The molecule has 4 aromatic rings. The van der Waals surface area contributed by atoms with Gasteiger partial charge < -0.3 is 0 Å². The second kappa shape index (κ2) is 8.93. The third-order valence-electron chi connectivity index (χ3n) is 4.37. The number of rotatable bonds is 8. The Morgan fingerprint density at radius 2 is 2.14 bits per heavy atom. The molecule has 1 N–H and O–H groups in total. The zero-order chi connectivity index (χ0) is 20.2. The molecule has 0 aliphatic heterocycles. The van der Waals surface area contributed by atoms with Crippen molar-refractivity contribution in [1.29, 1.82) is 0 Å². The van der Waals surface area contributed by atoms with Crippen LogP contribution in [-0.2, 0) is 17.8 Å². The number of carbonyl (C=O) groups is 1. The Labute approximate surface area is 179 Å². The van der Waals surface area contributed by atoms with Crippen LogP contribution in [-0.4, -0.2) is 25.7 Å². The number of anilines is 1. The van der Waals surface area contributed by atoms with Crippen LogP contribution in [0.15, 0.2) is 34.0 Å². The quantitative estimate of drug-likeness (QED) is 0.406. The van der Waals surface area contributed by atoms with Gasteiger partial charge in [0, 0.05) is 22.2 Å². The molecule has 0 saturated heterocycles. The van der Waals surface area contributed by atoms with E-state index in [4.69, 9.17) is 0 Å². The van der Waals surface area contributed by atoms with E-state index < -0.39 is 0 Å². The zero-order valence-corrected chi connectivity index (χ0v) is 18.2. The van der Waals surface area contributed by atoms with Crippen molar-refractivity contribution in [3.8, 4) is 10.4 Å². The van der Waals surface area contributed by atoms with E-state index in [9.17, 15) is 9.59 Å². The van der Waals surface area contributed by atoms with E-state index in [2.05, 4.69) is 27.4 Å². The van der Waals surface area contributed by atoms with E-state index in [1.807, 2.05) is 22.9 Å². The fourth-order valence-corrected chi connectivity index (χ4v) is 5.46. The Balaban J connectivity index is 1.49. The normalized spacial score (nSPS) is 11.2. The summed E-state index contributed by atoms with van der Waals surface area (Å²) in [7, 11) is 0. The standard InChI is InChI=1S/C19H19N5O2S3/c1-2-3-4-7-15-22-23-19(29-15)21-14(25)9-24-11-20-17-16(18(24)26)12(10-28-17)13-6-5-8-27-13/h5-6,8,10-11H,2-4,7,9H2,1H3,(H,21,23,25). The van der Waals surface area contributed by atoms with Crippen LogP contribution >= 0.6 is 34.0 Å². The number of aromatic nitrogens is 4. The van der Waals surface area contributed by atoms with Crippen molar-refractivity contribution in [1.82, 2.24) is 19.7 Å². The number of thiophene rings is 2. The van der Waals surface area contributed by atoms with Crippen LogP contribution in [0.3, 0.4) is 0 Å². The smallest absolute Gasteiger partial charge is 0.263 e. The molecule has 7 nitrogen and oxygen atoms in total. The third-order valence-corrected chi connectivity index (χ3v) is 7.06. The third kappa shape index (κ3) is 4.44. The Morgan fingerprint density at radius 1 is 1.24 bits per heavy atom. The topological polar surface area (TPSA) is 89.8 Å². The molecule has 0 aromatic carbocycles. The van der Waals surface area contributed by atoms with E-state index in [-0.39, 0.29) is 18.0 Å². The van der Waals surface area contributed by atoms with Crippen LogP contribution < -0.4 is 10.9 Å². The zero-order valence-electron chi connectivity index (χ0n) is 15.8. The summed E-state index contributed by atoms with van der Waals surface area (Å²) >= 11 is 4.38. The highest BCUT2D eigenvalue weighted by atomic mass is 32.1. The second-order valence-corrected chi connectivity index (χ2v) is 9.36. The molecule has 0 bridgehead atoms. The van der Waals surface area contributed by atoms with E-state index in [0.717, 1.165) is 41.1 Å². The van der Waals surface area contributed by atoms with Crippen LogP contribution in [0, 0.1) is 0 Å². The van der Waals surface area contributed by atoms with E-state index in [1.54, 1.807) is 11.3 Å². The number of hydrogen-bond acceptors (Lipinski definition) is 8. The fraction of sp³-hybridized carbons (Fsp3) is 0.316. The van der Waals surface area contributed by atoms with Crippen LogP contribution in [0.1, 0.15) is 31.2 Å². The van der Waals surface area contributed by atoms with Gasteiger partial charge in [0.1, 0.15) is 16.4 Å².